The number of hydrogen-bond donors (Lipinski definition) is 3. The van der Waals surface area contributed by atoms with E-state index in [1.165, 1.54) is 36.4 Å². The van der Waals surface area contributed by atoms with Gasteiger partial charge in [-0.25, -0.2) is 16.8 Å². The van der Waals surface area contributed by atoms with E-state index >= 15 is 0 Å². The van der Waals surface area contributed by atoms with Crippen LogP contribution in [0.2, 0.25) is 0 Å². The summed E-state index contributed by atoms with van der Waals surface area (Å²) in [6.07, 6.45) is 0. The molecule has 39 heavy (non-hydrogen) atoms. The van der Waals surface area contributed by atoms with Crippen molar-refractivity contribution in [2.45, 2.75) is 37.5 Å². The Hall–Kier alpha value is -4.15. The molecule has 0 saturated carbocycles. The van der Waals surface area contributed by atoms with E-state index in [-0.39, 0.29) is 15.4 Å². The van der Waals surface area contributed by atoms with Gasteiger partial charge in [-0.1, -0.05) is 42.0 Å². The molecule has 4 aromatic carbocycles. The highest BCUT2D eigenvalue weighted by molar-refractivity contribution is 7.93. The predicted molar refractivity (Wildman–Crippen MR) is 154 cm³/mol. The number of nitrogens with one attached hydrogen (secondary N) is 3. The molecule has 0 heterocycles. The number of benzene rings is 4. The van der Waals surface area contributed by atoms with Gasteiger partial charge in [0.2, 0.25) is 0 Å². The fourth-order valence-electron chi connectivity index (χ4n) is 3.97. The van der Waals surface area contributed by atoms with Crippen LogP contribution in [0.25, 0.3) is 0 Å². The number of hydrogen-bond acceptors (Lipinski definition) is 5. The number of anilines is 3. The van der Waals surface area contributed by atoms with Gasteiger partial charge in [-0.15, -0.1) is 0 Å². The van der Waals surface area contributed by atoms with E-state index in [0.29, 0.717) is 22.6 Å². The molecule has 3 N–H and O–H groups in total. The van der Waals surface area contributed by atoms with Crippen LogP contribution >= 0.6 is 0 Å². The van der Waals surface area contributed by atoms with Gasteiger partial charge in [-0.05, 0) is 92.9 Å². The third-order valence-electron chi connectivity index (χ3n) is 6.18. The van der Waals surface area contributed by atoms with Gasteiger partial charge < -0.3 is 5.32 Å². The van der Waals surface area contributed by atoms with Gasteiger partial charge in [-0.2, -0.15) is 0 Å². The van der Waals surface area contributed by atoms with Crippen LogP contribution in [0.5, 0.6) is 0 Å². The third-order valence-corrected chi connectivity index (χ3v) is 9.07. The first kappa shape index (κ1) is 27.9. The second kappa shape index (κ2) is 10.9. The Labute approximate surface area is 229 Å². The van der Waals surface area contributed by atoms with Crippen LogP contribution in [-0.2, 0) is 20.0 Å². The first-order valence-corrected chi connectivity index (χ1v) is 15.0. The van der Waals surface area contributed by atoms with Gasteiger partial charge in [0.05, 0.1) is 21.2 Å². The van der Waals surface area contributed by atoms with Gasteiger partial charge in [0, 0.05) is 11.3 Å². The monoisotopic (exact) mass is 563 g/mol. The molecule has 4 rings (SSSR count). The van der Waals surface area contributed by atoms with Crippen LogP contribution in [0.15, 0.2) is 94.7 Å². The molecule has 0 spiro atoms. The fraction of sp³-hybridized carbons (Fsp3) is 0.138. The van der Waals surface area contributed by atoms with E-state index in [1.807, 2.05) is 32.0 Å². The molecule has 4 aromatic rings. The maximum Gasteiger partial charge on any atom is 0.262 e. The van der Waals surface area contributed by atoms with E-state index in [1.54, 1.807) is 44.2 Å². The van der Waals surface area contributed by atoms with Crippen LogP contribution in [0.4, 0.5) is 17.1 Å². The second-order valence-corrected chi connectivity index (χ2v) is 12.6. The lowest BCUT2D eigenvalue weighted by atomic mass is 10.1. The minimum absolute atomic E-state index is 0.0164. The standard InChI is InChI=1S/C29H29N3O5S2/c1-19-9-16-27(22(4)17-19)31-38(34,35)25-14-12-24(13-15-25)30-29(33)23-11-10-21(3)28(18-23)39(36,37)32-26-8-6-5-7-20(26)2/h5-18,31-32H,1-4H3,(H,30,33). The smallest absolute Gasteiger partial charge is 0.262 e. The SMILES string of the molecule is Cc1ccc(NS(=O)(=O)c2ccc(NC(=O)c3ccc(C)c(S(=O)(=O)Nc4ccccc4C)c3)cc2)c(C)c1. The molecular formula is C29H29N3O5S2. The Morgan fingerprint density at radius 1 is 0.615 bits per heavy atom. The molecule has 0 unspecified atom stereocenters. The lowest BCUT2D eigenvalue weighted by Gasteiger charge is -2.14. The van der Waals surface area contributed by atoms with Gasteiger partial charge in [-0.3, -0.25) is 14.2 Å². The molecule has 0 radical (unpaired) electrons. The Morgan fingerprint density at radius 3 is 1.92 bits per heavy atom. The number of para-hydroxylation sites is 1. The number of aryl methyl sites for hydroxylation is 4. The molecular weight excluding hydrogens is 534 g/mol. The van der Waals surface area contributed by atoms with Crippen LogP contribution < -0.4 is 14.8 Å². The number of amides is 1. The van der Waals surface area contributed by atoms with E-state index < -0.39 is 26.0 Å². The average molecular weight is 564 g/mol. The van der Waals surface area contributed by atoms with Crippen molar-refractivity contribution in [2.24, 2.45) is 0 Å². The quantitative estimate of drug-likeness (QED) is 0.251. The molecule has 0 atom stereocenters. The summed E-state index contributed by atoms with van der Waals surface area (Å²) < 4.78 is 57.1. The molecule has 0 fully saturated rings. The molecule has 202 valence electrons. The average Bonchev–Trinajstić information content (AvgIpc) is 2.87. The van der Waals surface area contributed by atoms with Crippen molar-refractivity contribution in [3.8, 4) is 0 Å². The van der Waals surface area contributed by atoms with Crippen molar-refractivity contribution in [1.82, 2.24) is 0 Å². The lowest BCUT2D eigenvalue weighted by molar-refractivity contribution is 0.102. The zero-order chi connectivity index (χ0) is 28.4. The Bertz CT molecular complexity index is 1770. The van der Waals surface area contributed by atoms with Crippen molar-refractivity contribution >= 4 is 43.0 Å². The minimum Gasteiger partial charge on any atom is -0.322 e. The van der Waals surface area contributed by atoms with Crippen LogP contribution in [0, 0.1) is 27.7 Å². The maximum atomic E-state index is 13.1. The van der Waals surface area contributed by atoms with Crippen molar-refractivity contribution in [3.05, 3.63) is 113 Å². The largest absolute Gasteiger partial charge is 0.322 e. The molecule has 10 heteroatoms. The van der Waals surface area contributed by atoms with Crippen LogP contribution in [0.1, 0.15) is 32.6 Å². The highest BCUT2D eigenvalue weighted by Crippen LogP contribution is 2.25. The molecule has 0 aliphatic rings. The number of sulfonamides is 2. The van der Waals surface area contributed by atoms with E-state index in [2.05, 4.69) is 14.8 Å². The van der Waals surface area contributed by atoms with E-state index in [4.69, 9.17) is 0 Å². The van der Waals surface area contributed by atoms with Crippen LogP contribution in [0.3, 0.4) is 0 Å². The Kier molecular flexibility index (Phi) is 7.80. The Balaban J connectivity index is 1.51. The normalized spacial score (nSPS) is 11.6. The first-order chi connectivity index (χ1) is 18.4. The van der Waals surface area contributed by atoms with Crippen molar-refractivity contribution in [3.63, 3.8) is 0 Å². The first-order valence-electron chi connectivity index (χ1n) is 12.1. The zero-order valence-electron chi connectivity index (χ0n) is 21.9. The maximum absolute atomic E-state index is 13.1. The molecule has 0 aliphatic heterocycles. The molecule has 0 saturated heterocycles. The minimum atomic E-state index is -3.95. The van der Waals surface area contributed by atoms with Crippen molar-refractivity contribution < 1.29 is 21.6 Å². The highest BCUT2D eigenvalue weighted by Gasteiger charge is 2.21. The molecule has 0 aromatic heterocycles. The number of rotatable bonds is 8. The summed E-state index contributed by atoms with van der Waals surface area (Å²) in [4.78, 5) is 13.0. The third kappa shape index (κ3) is 6.47. The molecule has 0 aliphatic carbocycles. The predicted octanol–water partition coefficient (Wildman–Crippen LogP) is 5.77. The number of carbonyl (C=O) groups excluding carboxylic acids is 1. The zero-order valence-corrected chi connectivity index (χ0v) is 23.6. The van der Waals surface area contributed by atoms with Crippen molar-refractivity contribution in [2.75, 3.05) is 14.8 Å². The summed E-state index contributed by atoms with van der Waals surface area (Å²) in [7, 11) is -7.79. The summed E-state index contributed by atoms with van der Waals surface area (Å²) in [5.74, 6) is -0.536. The van der Waals surface area contributed by atoms with Crippen molar-refractivity contribution in [1.29, 1.82) is 0 Å². The Morgan fingerprint density at radius 2 is 1.26 bits per heavy atom. The van der Waals surface area contributed by atoms with E-state index in [0.717, 1.165) is 16.7 Å². The van der Waals surface area contributed by atoms with Gasteiger partial charge in [0.25, 0.3) is 26.0 Å². The summed E-state index contributed by atoms with van der Waals surface area (Å²) >= 11 is 0. The second-order valence-electron chi connectivity index (χ2n) is 9.30. The molecule has 0 bridgehead atoms. The highest BCUT2D eigenvalue weighted by atomic mass is 32.2. The summed E-state index contributed by atoms with van der Waals surface area (Å²) in [6, 6.07) is 22.6. The van der Waals surface area contributed by atoms with Crippen LogP contribution in [-0.4, -0.2) is 22.7 Å². The van der Waals surface area contributed by atoms with Gasteiger partial charge in [0.1, 0.15) is 0 Å². The summed E-state index contributed by atoms with van der Waals surface area (Å²) in [5.41, 5.74) is 4.51. The van der Waals surface area contributed by atoms with Gasteiger partial charge >= 0.3 is 0 Å². The molecule has 1 amide bonds. The fourth-order valence-corrected chi connectivity index (χ4v) is 6.50. The lowest BCUT2D eigenvalue weighted by Crippen LogP contribution is -2.17. The topological polar surface area (TPSA) is 121 Å². The summed E-state index contributed by atoms with van der Waals surface area (Å²) in [5, 5.41) is 2.69. The van der Waals surface area contributed by atoms with Gasteiger partial charge in [0.15, 0.2) is 0 Å². The van der Waals surface area contributed by atoms with E-state index in [9.17, 15) is 21.6 Å². The molecule has 8 nitrogen and oxygen atoms in total. The number of carbonyl (C=O) groups is 1. The summed E-state index contributed by atoms with van der Waals surface area (Å²) in [6.45, 7) is 7.20.